The molecular formula is C7H10O. The average molecular weight is 110 g/mol. The molecule has 0 N–H and O–H groups in total. The lowest BCUT2D eigenvalue weighted by atomic mass is 10.1. The van der Waals surface area contributed by atoms with Crippen molar-refractivity contribution in [3.05, 3.63) is 0 Å². The first kappa shape index (κ1) is 7.23. The summed E-state index contributed by atoms with van der Waals surface area (Å²) in [5.41, 5.74) is 0. The summed E-state index contributed by atoms with van der Waals surface area (Å²) in [7, 11) is 0. The Morgan fingerprint density at radius 1 is 1.62 bits per heavy atom. The third-order valence-corrected chi connectivity index (χ3v) is 0.671. The van der Waals surface area contributed by atoms with E-state index in [4.69, 9.17) is 0 Å². The number of carbonyl (C=O) groups is 1. The maximum absolute atomic E-state index is 9.61. The van der Waals surface area contributed by atoms with Gasteiger partial charge in [0.2, 0.25) is 0 Å². The molecule has 0 heterocycles. The zero-order valence-corrected chi connectivity index (χ0v) is 5.27. The quantitative estimate of drug-likeness (QED) is 0.366. The molecule has 0 bridgehead atoms. The summed E-state index contributed by atoms with van der Waals surface area (Å²) in [6.45, 7) is 4.14. The van der Waals surface area contributed by atoms with E-state index in [0.29, 0.717) is 12.2 Å². The van der Waals surface area contributed by atoms with Crippen LogP contribution in [-0.2, 0) is 4.79 Å². The van der Waals surface area contributed by atoms with E-state index < -0.39 is 0 Å². The molecular weight excluding hydrogens is 100 g/mol. The first-order valence-corrected chi connectivity index (χ1v) is 2.69. The van der Waals surface area contributed by atoms with Crippen molar-refractivity contribution < 1.29 is 4.79 Å². The van der Waals surface area contributed by atoms with E-state index >= 15 is 0 Å². The molecule has 8 heavy (non-hydrogen) atoms. The zero-order valence-electron chi connectivity index (χ0n) is 5.27. The van der Waals surface area contributed by atoms with Crippen molar-refractivity contribution in [1.82, 2.24) is 0 Å². The SMILES string of the molecule is CC(C)CC#CC=O. The first-order chi connectivity index (χ1) is 3.77. The summed E-state index contributed by atoms with van der Waals surface area (Å²) in [6.07, 6.45) is 1.45. The molecule has 1 heteroatoms. The van der Waals surface area contributed by atoms with Crippen LogP contribution in [0.1, 0.15) is 20.3 Å². The molecule has 0 aliphatic heterocycles. The molecule has 0 spiro atoms. The molecule has 0 atom stereocenters. The average Bonchev–Trinajstić information content (AvgIpc) is 1.66. The number of hydrogen-bond donors (Lipinski definition) is 0. The minimum atomic E-state index is 0.572. The van der Waals surface area contributed by atoms with Gasteiger partial charge in [-0.2, -0.15) is 0 Å². The van der Waals surface area contributed by atoms with Crippen LogP contribution in [0, 0.1) is 17.8 Å². The Morgan fingerprint density at radius 2 is 2.25 bits per heavy atom. The van der Waals surface area contributed by atoms with Gasteiger partial charge >= 0.3 is 0 Å². The molecule has 0 saturated carbocycles. The van der Waals surface area contributed by atoms with Gasteiger partial charge < -0.3 is 0 Å². The second-order valence-corrected chi connectivity index (χ2v) is 2.04. The highest BCUT2D eigenvalue weighted by molar-refractivity contribution is 5.72. The van der Waals surface area contributed by atoms with E-state index in [2.05, 4.69) is 25.7 Å². The van der Waals surface area contributed by atoms with Crippen molar-refractivity contribution in [2.75, 3.05) is 0 Å². The summed E-state index contributed by atoms with van der Waals surface area (Å²) in [5.74, 6) is 5.64. The lowest BCUT2D eigenvalue weighted by Gasteiger charge is -1.90. The van der Waals surface area contributed by atoms with E-state index in [1.54, 1.807) is 0 Å². The lowest BCUT2D eigenvalue weighted by molar-refractivity contribution is -0.103. The molecule has 0 aromatic carbocycles. The zero-order chi connectivity index (χ0) is 6.41. The van der Waals surface area contributed by atoms with Gasteiger partial charge in [-0.3, -0.25) is 4.79 Å². The number of aldehydes is 1. The van der Waals surface area contributed by atoms with Gasteiger partial charge in [0.25, 0.3) is 0 Å². The maximum Gasteiger partial charge on any atom is 0.192 e. The van der Waals surface area contributed by atoms with Crippen LogP contribution in [0.15, 0.2) is 0 Å². The summed E-state index contributed by atoms with van der Waals surface area (Å²) in [5, 5.41) is 0. The Kier molecular flexibility index (Phi) is 3.97. The third kappa shape index (κ3) is 5.23. The van der Waals surface area contributed by atoms with E-state index in [0.717, 1.165) is 6.42 Å². The van der Waals surface area contributed by atoms with Crippen molar-refractivity contribution >= 4 is 6.29 Å². The molecule has 44 valence electrons. The van der Waals surface area contributed by atoms with E-state index in [9.17, 15) is 4.79 Å². The van der Waals surface area contributed by atoms with Crippen LogP contribution in [0.4, 0.5) is 0 Å². The monoisotopic (exact) mass is 110 g/mol. The van der Waals surface area contributed by atoms with Gasteiger partial charge in [0.1, 0.15) is 0 Å². The van der Waals surface area contributed by atoms with Gasteiger partial charge in [-0.05, 0) is 11.8 Å². The molecule has 0 aliphatic rings. The predicted octanol–water partition coefficient (Wildman–Crippen LogP) is 1.23. The second-order valence-electron chi connectivity index (χ2n) is 2.04. The minimum absolute atomic E-state index is 0.572. The molecule has 1 nitrogen and oxygen atoms in total. The number of carbonyl (C=O) groups excluding carboxylic acids is 1. The van der Waals surface area contributed by atoms with Crippen molar-refractivity contribution in [3.8, 4) is 11.8 Å². The summed E-state index contributed by atoms with van der Waals surface area (Å²) in [4.78, 5) is 9.61. The molecule has 0 rings (SSSR count). The topological polar surface area (TPSA) is 17.1 Å². The van der Waals surface area contributed by atoms with Gasteiger partial charge in [0, 0.05) is 6.42 Å². The normalized spacial score (nSPS) is 7.88. The highest BCUT2D eigenvalue weighted by Crippen LogP contribution is 1.94. The third-order valence-electron chi connectivity index (χ3n) is 0.671. The molecule has 0 fully saturated rings. The fourth-order valence-corrected chi connectivity index (χ4v) is 0.305. The van der Waals surface area contributed by atoms with E-state index in [-0.39, 0.29) is 0 Å². The standard InChI is InChI=1S/C7H10O/c1-7(2)5-3-4-6-8/h6-7H,5H2,1-2H3. The van der Waals surface area contributed by atoms with Crippen LogP contribution in [0.5, 0.6) is 0 Å². The molecule has 0 aliphatic carbocycles. The summed E-state index contributed by atoms with van der Waals surface area (Å²) < 4.78 is 0. The van der Waals surface area contributed by atoms with Gasteiger partial charge in [0.05, 0.1) is 0 Å². The summed E-state index contributed by atoms with van der Waals surface area (Å²) in [6, 6.07) is 0. The van der Waals surface area contributed by atoms with Crippen molar-refractivity contribution in [3.63, 3.8) is 0 Å². The van der Waals surface area contributed by atoms with Crippen LogP contribution in [-0.4, -0.2) is 6.29 Å². The molecule has 0 radical (unpaired) electrons. The molecule has 0 aromatic rings. The van der Waals surface area contributed by atoms with Crippen molar-refractivity contribution in [1.29, 1.82) is 0 Å². The van der Waals surface area contributed by atoms with Gasteiger partial charge in [-0.1, -0.05) is 19.8 Å². The van der Waals surface area contributed by atoms with Gasteiger partial charge in [-0.25, -0.2) is 0 Å². The molecule has 0 amide bonds. The van der Waals surface area contributed by atoms with Crippen LogP contribution < -0.4 is 0 Å². The first-order valence-electron chi connectivity index (χ1n) is 2.69. The molecule has 0 aromatic heterocycles. The highest BCUT2D eigenvalue weighted by atomic mass is 16.1. The van der Waals surface area contributed by atoms with Crippen molar-refractivity contribution in [2.24, 2.45) is 5.92 Å². The molecule has 0 saturated heterocycles. The highest BCUT2D eigenvalue weighted by Gasteiger charge is 1.84. The fraction of sp³-hybridized carbons (Fsp3) is 0.571. The van der Waals surface area contributed by atoms with Gasteiger partial charge in [-0.15, -0.1) is 0 Å². The minimum Gasteiger partial charge on any atom is -0.289 e. The summed E-state index contributed by atoms with van der Waals surface area (Å²) >= 11 is 0. The van der Waals surface area contributed by atoms with Gasteiger partial charge in [0.15, 0.2) is 6.29 Å². The van der Waals surface area contributed by atoms with E-state index in [1.165, 1.54) is 0 Å². The van der Waals surface area contributed by atoms with Crippen LogP contribution in [0.3, 0.4) is 0 Å². The van der Waals surface area contributed by atoms with Crippen molar-refractivity contribution in [2.45, 2.75) is 20.3 Å². The Hall–Kier alpha value is -0.770. The lowest BCUT2D eigenvalue weighted by Crippen LogP contribution is -1.81. The number of hydrogen-bond acceptors (Lipinski definition) is 1. The number of rotatable bonds is 1. The Balaban J connectivity index is 3.28. The Bertz CT molecular complexity index is 114. The van der Waals surface area contributed by atoms with E-state index in [1.807, 2.05) is 0 Å². The maximum atomic E-state index is 9.61. The van der Waals surface area contributed by atoms with Crippen LogP contribution >= 0.6 is 0 Å². The second kappa shape index (κ2) is 4.39. The van der Waals surface area contributed by atoms with Crippen LogP contribution in [0.2, 0.25) is 0 Å². The predicted molar refractivity (Wildman–Crippen MR) is 33.3 cm³/mol. The Labute approximate surface area is 50.1 Å². The molecule has 0 unspecified atom stereocenters. The van der Waals surface area contributed by atoms with Crippen LogP contribution in [0.25, 0.3) is 0 Å². The Morgan fingerprint density at radius 3 is 2.62 bits per heavy atom. The fourth-order valence-electron chi connectivity index (χ4n) is 0.305. The smallest absolute Gasteiger partial charge is 0.192 e. The largest absolute Gasteiger partial charge is 0.289 e.